The molecule has 29 heavy (non-hydrogen) atoms. The van der Waals surface area contributed by atoms with Gasteiger partial charge in [-0.3, -0.25) is 0 Å². The topological polar surface area (TPSA) is 62.8 Å². The molecule has 0 saturated carbocycles. The fourth-order valence-electron chi connectivity index (χ4n) is 3.68. The highest BCUT2D eigenvalue weighted by molar-refractivity contribution is 5.50. The monoisotopic (exact) mass is 389 g/mol. The molecule has 0 aliphatic carbocycles. The third-order valence-electron chi connectivity index (χ3n) is 5.25. The Morgan fingerprint density at radius 2 is 1.66 bits per heavy atom. The van der Waals surface area contributed by atoms with Crippen LogP contribution < -0.4 is 24.6 Å². The number of para-hydroxylation sites is 1. The Hall–Kier alpha value is -3.48. The molecular weight excluding hydrogens is 366 g/mol. The van der Waals surface area contributed by atoms with E-state index in [2.05, 4.69) is 50.4 Å². The Morgan fingerprint density at radius 1 is 0.862 bits per heavy atom. The van der Waals surface area contributed by atoms with E-state index >= 15 is 0 Å². The maximum Gasteiger partial charge on any atom is 0.231 e. The lowest BCUT2D eigenvalue weighted by Gasteiger charge is -2.36. The summed E-state index contributed by atoms with van der Waals surface area (Å²) in [5.41, 5.74) is 2.38. The maximum atomic E-state index is 5.44. The Balaban J connectivity index is 1.20. The van der Waals surface area contributed by atoms with Crippen molar-refractivity contribution in [3.8, 4) is 11.5 Å². The zero-order chi connectivity index (χ0) is 19.5. The number of nitrogens with one attached hydrogen (secondary N) is 1. The zero-order valence-corrected chi connectivity index (χ0v) is 16.1. The number of hydrogen-bond donors (Lipinski definition) is 1. The van der Waals surface area contributed by atoms with Crippen LogP contribution in [0.15, 0.2) is 60.8 Å². The maximum absolute atomic E-state index is 5.44. The number of ether oxygens (including phenoxy) is 2. The summed E-state index contributed by atoms with van der Waals surface area (Å²) in [4.78, 5) is 13.8. The molecule has 1 aromatic heterocycles. The molecular formula is C22H23N5O2. The van der Waals surface area contributed by atoms with Gasteiger partial charge in [0.15, 0.2) is 11.5 Å². The van der Waals surface area contributed by atoms with Crippen LogP contribution in [0.4, 0.5) is 17.5 Å². The summed E-state index contributed by atoms with van der Waals surface area (Å²) in [5, 5.41) is 3.31. The van der Waals surface area contributed by atoms with Gasteiger partial charge in [-0.2, -0.15) is 4.98 Å². The quantitative estimate of drug-likeness (QED) is 0.719. The number of nitrogens with zero attached hydrogens (tertiary/aromatic N) is 4. The Labute approximate surface area is 169 Å². The lowest BCUT2D eigenvalue weighted by atomic mass is 10.2. The summed E-state index contributed by atoms with van der Waals surface area (Å²) >= 11 is 0. The van der Waals surface area contributed by atoms with Crippen molar-refractivity contribution < 1.29 is 9.47 Å². The van der Waals surface area contributed by atoms with Crippen LogP contribution in [0.25, 0.3) is 0 Å². The van der Waals surface area contributed by atoms with Crippen LogP contribution in [0.1, 0.15) is 5.56 Å². The van der Waals surface area contributed by atoms with Gasteiger partial charge in [-0.05, 0) is 35.9 Å². The minimum absolute atomic E-state index is 0.287. The summed E-state index contributed by atoms with van der Waals surface area (Å²) in [6.45, 7) is 4.75. The third kappa shape index (κ3) is 3.89. The summed E-state index contributed by atoms with van der Waals surface area (Å²) in [6.07, 6.45) is 1.81. The van der Waals surface area contributed by atoms with E-state index < -0.39 is 0 Å². The Bertz CT molecular complexity index is 974. The third-order valence-corrected chi connectivity index (χ3v) is 5.25. The molecule has 0 amide bonds. The van der Waals surface area contributed by atoms with Gasteiger partial charge in [0.1, 0.15) is 5.82 Å². The van der Waals surface area contributed by atoms with E-state index in [0.717, 1.165) is 49.1 Å². The molecule has 3 heterocycles. The van der Waals surface area contributed by atoms with Crippen LogP contribution >= 0.6 is 0 Å². The fraction of sp³-hybridized carbons (Fsp3) is 0.273. The normalized spacial score (nSPS) is 15.4. The molecule has 0 radical (unpaired) electrons. The molecule has 1 fully saturated rings. The molecule has 2 aliphatic rings. The second-order valence-corrected chi connectivity index (χ2v) is 7.09. The highest BCUT2D eigenvalue weighted by atomic mass is 16.7. The van der Waals surface area contributed by atoms with Crippen molar-refractivity contribution in [1.82, 2.24) is 9.97 Å². The molecule has 1 saturated heterocycles. The molecule has 0 spiro atoms. The number of aromatic nitrogens is 2. The van der Waals surface area contributed by atoms with Gasteiger partial charge in [0, 0.05) is 44.6 Å². The molecule has 148 valence electrons. The van der Waals surface area contributed by atoms with E-state index in [-0.39, 0.29) is 6.79 Å². The number of fused-ring (bicyclic) bond motifs is 1. The zero-order valence-electron chi connectivity index (χ0n) is 16.1. The highest BCUT2D eigenvalue weighted by Crippen LogP contribution is 2.32. The minimum atomic E-state index is 0.287. The summed E-state index contributed by atoms with van der Waals surface area (Å²) in [7, 11) is 0. The van der Waals surface area contributed by atoms with E-state index in [0.29, 0.717) is 12.5 Å². The molecule has 2 aromatic carbocycles. The highest BCUT2D eigenvalue weighted by Gasteiger charge is 2.19. The van der Waals surface area contributed by atoms with Crippen molar-refractivity contribution in [2.24, 2.45) is 0 Å². The summed E-state index contributed by atoms with van der Waals surface area (Å²) in [5.74, 6) is 3.17. The lowest BCUT2D eigenvalue weighted by molar-refractivity contribution is 0.174. The molecule has 7 nitrogen and oxygen atoms in total. The molecule has 0 atom stereocenters. The second-order valence-electron chi connectivity index (χ2n) is 7.09. The smallest absolute Gasteiger partial charge is 0.231 e. The molecule has 2 aliphatic heterocycles. The van der Waals surface area contributed by atoms with Crippen molar-refractivity contribution in [2.75, 3.05) is 48.1 Å². The van der Waals surface area contributed by atoms with Crippen LogP contribution in [0.2, 0.25) is 0 Å². The van der Waals surface area contributed by atoms with Crippen molar-refractivity contribution in [1.29, 1.82) is 0 Å². The van der Waals surface area contributed by atoms with E-state index in [1.807, 2.05) is 30.5 Å². The molecule has 5 rings (SSSR count). The SMILES string of the molecule is c1ccc(N2CCN(c3ccnc(NCc4ccc5c(c4)OCO5)n3)CC2)cc1. The number of hydrogen-bond acceptors (Lipinski definition) is 7. The van der Waals surface area contributed by atoms with Crippen LogP contribution in [0.3, 0.4) is 0 Å². The standard InChI is InChI=1S/C22H23N5O2/c1-2-4-18(5-3-1)26-10-12-27(13-11-26)21-8-9-23-22(25-21)24-15-17-6-7-19-20(14-17)29-16-28-19/h1-9,14H,10-13,15-16H2,(H,23,24,25). The van der Waals surface area contributed by atoms with Crippen LogP contribution in [-0.4, -0.2) is 42.9 Å². The van der Waals surface area contributed by atoms with E-state index in [4.69, 9.17) is 14.5 Å². The van der Waals surface area contributed by atoms with Gasteiger partial charge in [0.25, 0.3) is 0 Å². The van der Waals surface area contributed by atoms with Crippen LogP contribution in [0.5, 0.6) is 11.5 Å². The average molecular weight is 389 g/mol. The first kappa shape index (κ1) is 17.6. The molecule has 1 N–H and O–H groups in total. The molecule has 0 unspecified atom stereocenters. The van der Waals surface area contributed by atoms with E-state index in [9.17, 15) is 0 Å². The predicted octanol–water partition coefficient (Wildman–Crippen LogP) is 3.14. The number of benzene rings is 2. The first-order chi connectivity index (χ1) is 14.3. The van der Waals surface area contributed by atoms with Crippen LogP contribution in [0, 0.1) is 0 Å². The van der Waals surface area contributed by atoms with Gasteiger partial charge in [-0.25, -0.2) is 4.98 Å². The average Bonchev–Trinajstić information content (AvgIpc) is 3.27. The van der Waals surface area contributed by atoms with E-state index in [1.54, 1.807) is 0 Å². The van der Waals surface area contributed by atoms with Gasteiger partial charge in [-0.1, -0.05) is 24.3 Å². The van der Waals surface area contributed by atoms with Gasteiger partial charge in [0.05, 0.1) is 0 Å². The van der Waals surface area contributed by atoms with Gasteiger partial charge in [0.2, 0.25) is 12.7 Å². The largest absolute Gasteiger partial charge is 0.454 e. The second kappa shape index (κ2) is 7.87. The number of anilines is 3. The van der Waals surface area contributed by atoms with Crippen molar-refractivity contribution >= 4 is 17.5 Å². The van der Waals surface area contributed by atoms with Gasteiger partial charge >= 0.3 is 0 Å². The fourth-order valence-corrected chi connectivity index (χ4v) is 3.68. The summed E-state index contributed by atoms with van der Waals surface area (Å²) in [6, 6.07) is 18.5. The lowest BCUT2D eigenvalue weighted by Crippen LogP contribution is -2.46. The van der Waals surface area contributed by atoms with Crippen molar-refractivity contribution in [3.05, 3.63) is 66.4 Å². The van der Waals surface area contributed by atoms with E-state index in [1.165, 1.54) is 5.69 Å². The van der Waals surface area contributed by atoms with Crippen molar-refractivity contribution in [2.45, 2.75) is 6.54 Å². The Kier molecular flexibility index (Phi) is 4.78. The number of rotatable bonds is 5. The van der Waals surface area contributed by atoms with Crippen molar-refractivity contribution in [3.63, 3.8) is 0 Å². The predicted molar refractivity (Wildman–Crippen MR) is 113 cm³/mol. The van der Waals surface area contributed by atoms with Gasteiger partial charge < -0.3 is 24.6 Å². The molecule has 0 bridgehead atoms. The minimum Gasteiger partial charge on any atom is -0.454 e. The van der Waals surface area contributed by atoms with Crippen LogP contribution in [-0.2, 0) is 6.54 Å². The first-order valence-corrected chi connectivity index (χ1v) is 9.85. The summed E-state index contributed by atoms with van der Waals surface area (Å²) < 4.78 is 10.8. The molecule has 3 aromatic rings. The number of piperazine rings is 1. The Morgan fingerprint density at radius 3 is 2.52 bits per heavy atom. The molecule has 7 heteroatoms. The van der Waals surface area contributed by atoms with Gasteiger partial charge in [-0.15, -0.1) is 0 Å². The first-order valence-electron chi connectivity index (χ1n) is 9.85.